The summed E-state index contributed by atoms with van der Waals surface area (Å²) in [7, 11) is 1.63. The summed E-state index contributed by atoms with van der Waals surface area (Å²) in [5.41, 5.74) is 3.58. The summed E-state index contributed by atoms with van der Waals surface area (Å²) in [4.78, 5) is 30.7. The summed E-state index contributed by atoms with van der Waals surface area (Å²) in [6.07, 6.45) is 2.26. The van der Waals surface area contributed by atoms with Crippen molar-refractivity contribution >= 4 is 11.8 Å². The highest BCUT2D eigenvalue weighted by Gasteiger charge is 2.30. The molecule has 1 N–H and O–H groups in total. The first-order chi connectivity index (χ1) is 19.6. The van der Waals surface area contributed by atoms with Crippen molar-refractivity contribution in [2.75, 3.05) is 20.2 Å². The maximum atomic E-state index is 13.5. The molecule has 6 nitrogen and oxygen atoms in total. The first-order valence-electron chi connectivity index (χ1n) is 14.4. The molecule has 0 atom stereocenters. The van der Waals surface area contributed by atoms with Gasteiger partial charge in [-0.2, -0.15) is 0 Å². The van der Waals surface area contributed by atoms with Gasteiger partial charge in [0.05, 0.1) is 7.11 Å². The summed E-state index contributed by atoms with van der Waals surface area (Å²) in [5, 5.41) is 2.97. The second-order valence-electron chi connectivity index (χ2n) is 12.1. The van der Waals surface area contributed by atoms with E-state index in [4.69, 9.17) is 4.74 Å². The van der Waals surface area contributed by atoms with Crippen LogP contribution in [0.4, 0.5) is 4.39 Å². The smallest absolute Gasteiger partial charge is 0.251 e. The van der Waals surface area contributed by atoms with Crippen LogP contribution in [-0.4, -0.2) is 47.9 Å². The third kappa shape index (κ3) is 9.15. The minimum absolute atomic E-state index is 0.107. The zero-order chi connectivity index (χ0) is 29.4. The standard InChI is InChI=1S/C34H42FN3O3/c1-34(2,3)21-32(39)38(30-17-19-37(20-18-30)23-26-7-13-29(35)14-8-26)24-27-5-11-28(12-6-27)33(40)36-22-25-9-15-31(41-4)16-10-25/h5-16,30H,17-24H2,1-4H3,(H,36,40). The number of hydrogen-bond acceptors (Lipinski definition) is 4. The molecule has 0 unspecified atom stereocenters. The van der Waals surface area contributed by atoms with E-state index in [1.54, 1.807) is 7.11 Å². The number of likely N-dealkylation sites (tertiary alicyclic amines) is 1. The fraction of sp³-hybridized carbons (Fsp3) is 0.412. The highest BCUT2D eigenvalue weighted by molar-refractivity contribution is 5.94. The number of nitrogens with one attached hydrogen (secondary N) is 1. The van der Waals surface area contributed by atoms with Crippen LogP contribution in [-0.2, 0) is 24.4 Å². The number of nitrogens with zero attached hydrogens (tertiary/aromatic N) is 2. The third-order valence-electron chi connectivity index (χ3n) is 7.50. The van der Waals surface area contributed by atoms with Gasteiger partial charge in [0.25, 0.3) is 5.91 Å². The van der Waals surface area contributed by atoms with E-state index >= 15 is 0 Å². The number of benzene rings is 3. The Morgan fingerprint density at radius 1 is 0.902 bits per heavy atom. The summed E-state index contributed by atoms with van der Waals surface area (Å²) in [6, 6.07) is 22.0. The Balaban J connectivity index is 1.36. The molecule has 0 radical (unpaired) electrons. The monoisotopic (exact) mass is 559 g/mol. The number of methoxy groups -OCH3 is 1. The molecule has 0 saturated carbocycles. The maximum Gasteiger partial charge on any atom is 0.251 e. The number of hydrogen-bond donors (Lipinski definition) is 1. The van der Waals surface area contributed by atoms with Gasteiger partial charge in [0.2, 0.25) is 5.91 Å². The lowest BCUT2D eigenvalue weighted by Gasteiger charge is -2.39. The number of ether oxygens (including phenoxy) is 1. The highest BCUT2D eigenvalue weighted by Crippen LogP contribution is 2.26. The van der Waals surface area contributed by atoms with Gasteiger partial charge in [-0.3, -0.25) is 14.5 Å². The summed E-state index contributed by atoms with van der Waals surface area (Å²) in [5.74, 6) is 0.585. The molecular formula is C34H42FN3O3. The topological polar surface area (TPSA) is 61.9 Å². The van der Waals surface area contributed by atoms with Gasteiger partial charge >= 0.3 is 0 Å². The van der Waals surface area contributed by atoms with Crippen LogP contribution < -0.4 is 10.1 Å². The predicted molar refractivity (Wildman–Crippen MR) is 160 cm³/mol. The van der Waals surface area contributed by atoms with Gasteiger partial charge in [-0.1, -0.05) is 57.2 Å². The predicted octanol–water partition coefficient (Wildman–Crippen LogP) is 6.19. The molecule has 218 valence electrons. The zero-order valence-electron chi connectivity index (χ0n) is 24.7. The van der Waals surface area contributed by atoms with Crippen LogP contribution in [0.25, 0.3) is 0 Å². The number of piperidine rings is 1. The number of carbonyl (C=O) groups excluding carboxylic acids is 2. The lowest BCUT2D eigenvalue weighted by atomic mass is 9.90. The van der Waals surface area contributed by atoms with E-state index in [0.717, 1.165) is 54.9 Å². The normalized spacial score (nSPS) is 14.5. The van der Waals surface area contributed by atoms with Gasteiger partial charge in [0.15, 0.2) is 0 Å². The molecule has 41 heavy (non-hydrogen) atoms. The SMILES string of the molecule is COc1ccc(CNC(=O)c2ccc(CN(C(=O)CC(C)(C)C)C3CCN(Cc4ccc(F)cc4)CC3)cc2)cc1. The van der Waals surface area contributed by atoms with E-state index in [1.165, 1.54) is 12.1 Å². The van der Waals surface area contributed by atoms with E-state index in [9.17, 15) is 14.0 Å². The summed E-state index contributed by atoms with van der Waals surface area (Å²) < 4.78 is 18.5. The second-order valence-corrected chi connectivity index (χ2v) is 12.1. The van der Waals surface area contributed by atoms with Gasteiger partial charge in [-0.15, -0.1) is 0 Å². The van der Waals surface area contributed by atoms with Crippen LogP contribution in [0.2, 0.25) is 0 Å². The van der Waals surface area contributed by atoms with Gasteiger partial charge in [-0.05, 0) is 71.3 Å². The van der Waals surface area contributed by atoms with Gasteiger partial charge in [0.1, 0.15) is 11.6 Å². The molecule has 4 rings (SSSR count). The molecule has 7 heteroatoms. The van der Waals surface area contributed by atoms with Crippen molar-refractivity contribution in [3.8, 4) is 5.75 Å². The van der Waals surface area contributed by atoms with E-state index in [0.29, 0.717) is 25.1 Å². The molecule has 0 spiro atoms. The van der Waals surface area contributed by atoms with Crippen molar-refractivity contribution in [1.82, 2.24) is 15.1 Å². The molecule has 0 aliphatic carbocycles. The molecule has 3 aromatic rings. The molecule has 0 bridgehead atoms. The van der Waals surface area contributed by atoms with E-state index in [1.807, 2.05) is 65.6 Å². The van der Waals surface area contributed by atoms with Crippen molar-refractivity contribution in [1.29, 1.82) is 0 Å². The minimum atomic E-state index is -0.220. The number of carbonyl (C=O) groups is 2. The Hall–Kier alpha value is -3.71. The number of amides is 2. The van der Waals surface area contributed by atoms with Crippen molar-refractivity contribution in [2.24, 2.45) is 5.41 Å². The third-order valence-corrected chi connectivity index (χ3v) is 7.50. The van der Waals surface area contributed by atoms with Crippen molar-refractivity contribution in [3.63, 3.8) is 0 Å². The first kappa shape index (κ1) is 30.3. The minimum Gasteiger partial charge on any atom is -0.497 e. The Kier molecular flexibility index (Phi) is 10.2. The molecule has 3 aromatic carbocycles. The van der Waals surface area contributed by atoms with Crippen LogP contribution in [0, 0.1) is 11.2 Å². The average Bonchev–Trinajstić information content (AvgIpc) is 2.96. The van der Waals surface area contributed by atoms with E-state index in [2.05, 4.69) is 31.0 Å². The van der Waals surface area contributed by atoms with Crippen molar-refractivity contribution in [2.45, 2.75) is 65.7 Å². The first-order valence-corrected chi connectivity index (χ1v) is 14.4. The molecule has 0 aromatic heterocycles. The van der Waals surface area contributed by atoms with E-state index < -0.39 is 0 Å². The van der Waals surface area contributed by atoms with Crippen molar-refractivity contribution < 1.29 is 18.7 Å². The molecule has 1 aliphatic rings. The number of rotatable bonds is 10. The van der Waals surface area contributed by atoms with Crippen molar-refractivity contribution in [3.05, 3.63) is 101 Å². The van der Waals surface area contributed by atoms with Crippen LogP contribution in [0.3, 0.4) is 0 Å². The Morgan fingerprint density at radius 3 is 2.07 bits per heavy atom. The average molecular weight is 560 g/mol. The highest BCUT2D eigenvalue weighted by atomic mass is 19.1. The molecule has 1 aliphatic heterocycles. The molecule has 2 amide bonds. The number of halogens is 1. The molecular weight excluding hydrogens is 517 g/mol. The largest absolute Gasteiger partial charge is 0.497 e. The molecule has 1 fully saturated rings. The van der Waals surface area contributed by atoms with Crippen LogP contribution in [0.15, 0.2) is 72.8 Å². The Labute approximate surface area is 243 Å². The quantitative estimate of drug-likeness (QED) is 0.322. The summed E-state index contributed by atoms with van der Waals surface area (Å²) in [6.45, 7) is 9.77. The van der Waals surface area contributed by atoms with Crippen LogP contribution in [0.1, 0.15) is 67.1 Å². The molecule has 1 heterocycles. The van der Waals surface area contributed by atoms with Gasteiger partial charge < -0.3 is 15.0 Å². The lowest BCUT2D eigenvalue weighted by molar-refractivity contribution is -0.137. The van der Waals surface area contributed by atoms with Crippen LogP contribution in [0.5, 0.6) is 5.75 Å². The zero-order valence-corrected chi connectivity index (χ0v) is 24.7. The van der Waals surface area contributed by atoms with Crippen LogP contribution >= 0.6 is 0 Å². The Morgan fingerprint density at radius 2 is 1.49 bits per heavy atom. The fourth-order valence-electron chi connectivity index (χ4n) is 5.20. The van der Waals surface area contributed by atoms with Gasteiger partial charge in [0, 0.05) is 50.7 Å². The molecule has 1 saturated heterocycles. The maximum absolute atomic E-state index is 13.5. The Bertz CT molecular complexity index is 1280. The lowest BCUT2D eigenvalue weighted by Crippen LogP contribution is -2.47. The van der Waals surface area contributed by atoms with Gasteiger partial charge in [-0.25, -0.2) is 4.39 Å². The summed E-state index contributed by atoms with van der Waals surface area (Å²) >= 11 is 0. The van der Waals surface area contributed by atoms with E-state index in [-0.39, 0.29) is 29.1 Å². The second kappa shape index (κ2) is 13.8. The fourth-order valence-corrected chi connectivity index (χ4v) is 5.20.